The topological polar surface area (TPSA) is 61.4 Å². The Balaban J connectivity index is 1.56. The minimum atomic E-state index is -0.292. The molecule has 1 saturated heterocycles. The van der Waals surface area contributed by atoms with Crippen molar-refractivity contribution < 1.29 is 4.79 Å². The SMILES string of the molecule is O=C(NC(=S)N1CCN(c2ncccn2)CC1)c1ccccc1Cl. The molecule has 0 unspecified atom stereocenters. The smallest absolute Gasteiger partial charge is 0.258 e. The highest BCUT2D eigenvalue weighted by molar-refractivity contribution is 7.80. The Morgan fingerprint density at radius 2 is 1.75 bits per heavy atom. The van der Waals surface area contributed by atoms with Gasteiger partial charge in [-0.05, 0) is 30.4 Å². The maximum Gasteiger partial charge on any atom is 0.258 e. The molecule has 0 bridgehead atoms. The van der Waals surface area contributed by atoms with Gasteiger partial charge in [0.2, 0.25) is 5.95 Å². The lowest BCUT2D eigenvalue weighted by molar-refractivity contribution is 0.0973. The van der Waals surface area contributed by atoms with Crippen molar-refractivity contribution in [3.05, 3.63) is 53.3 Å². The zero-order chi connectivity index (χ0) is 16.9. The third-order valence-corrected chi connectivity index (χ3v) is 4.43. The summed E-state index contributed by atoms with van der Waals surface area (Å²) in [6.45, 7) is 2.87. The van der Waals surface area contributed by atoms with Gasteiger partial charge in [0.05, 0.1) is 10.6 Å². The second-order valence-corrected chi connectivity index (χ2v) is 6.06. The summed E-state index contributed by atoms with van der Waals surface area (Å²) in [4.78, 5) is 24.8. The van der Waals surface area contributed by atoms with E-state index < -0.39 is 0 Å². The van der Waals surface area contributed by atoms with Gasteiger partial charge in [-0.2, -0.15) is 0 Å². The summed E-state index contributed by atoms with van der Waals surface area (Å²) in [5.41, 5.74) is 0.415. The lowest BCUT2D eigenvalue weighted by Crippen LogP contribution is -2.53. The predicted molar refractivity (Wildman–Crippen MR) is 97.3 cm³/mol. The van der Waals surface area contributed by atoms with E-state index in [9.17, 15) is 4.79 Å². The fraction of sp³-hybridized carbons (Fsp3) is 0.250. The number of amides is 1. The van der Waals surface area contributed by atoms with E-state index in [0.717, 1.165) is 13.1 Å². The molecule has 3 rings (SSSR count). The summed E-state index contributed by atoms with van der Waals surface area (Å²) in [6, 6.07) is 8.69. The van der Waals surface area contributed by atoms with E-state index in [-0.39, 0.29) is 5.91 Å². The number of aromatic nitrogens is 2. The summed E-state index contributed by atoms with van der Waals surface area (Å²) in [5.74, 6) is 0.419. The minimum absolute atomic E-state index is 0.292. The number of piperazine rings is 1. The van der Waals surface area contributed by atoms with Crippen LogP contribution in [0.5, 0.6) is 0 Å². The third-order valence-electron chi connectivity index (χ3n) is 3.74. The Kier molecular flexibility index (Phi) is 5.22. The van der Waals surface area contributed by atoms with Crippen molar-refractivity contribution in [1.82, 2.24) is 20.2 Å². The van der Waals surface area contributed by atoms with Gasteiger partial charge in [-0.15, -0.1) is 0 Å². The van der Waals surface area contributed by atoms with Gasteiger partial charge < -0.3 is 9.80 Å². The van der Waals surface area contributed by atoms with Crippen molar-refractivity contribution in [1.29, 1.82) is 0 Å². The Morgan fingerprint density at radius 3 is 2.42 bits per heavy atom. The van der Waals surface area contributed by atoms with Gasteiger partial charge in [0.25, 0.3) is 5.91 Å². The Hall–Kier alpha value is -2.25. The molecule has 24 heavy (non-hydrogen) atoms. The number of anilines is 1. The van der Waals surface area contributed by atoms with Crippen LogP contribution in [0.3, 0.4) is 0 Å². The van der Waals surface area contributed by atoms with Crippen LogP contribution >= 0.6 is 23.8 Å². The standard InChI is InChI=1S/C16H16ClN5OS/c17-13-5-2-1-4-12(13)14(23)20-16(24)22-10-8-21(9-11-22)15-18-6-3-7-19-15/h1-7H,8-11H2,(H,20,23,24). The molecule has 6 nitrogen and oxygen atoms in total. The molecule has 124 valence electrons. The van der Waals surface area contributed by atoms with Gasteiger partial charge in [-0.3, -0.25) is 10.1 Å². The fourth-order valence-corrected chi connectivity index (χ4v) is 2.95. The number of hydrogen-bond acceptors (Lipinski definition) is 5. The first kappa shape index (κ1) is 16.6. The van der Waals surface area contributed by atoms with Crippen molar-refractivity contribution in [2.24, 2.45) is 0 Å². The average molecular weight is 362 g/mol. The second-order valence-electron chi connectivity index (χ2n) is 5.26. The normalized spacial score (nSPS) is 14.4. The van der Waals surface area contributed by atoms with Crippen molar-refractivity contribution >= 4 is 40.8 Å². The first-order chi connectivity index (χ1) is 11.6. The number of nitrogens with one attached hydrogen (secondary N) is 1. The molecule has 1 aliphatic heterocycles. The Bertz CT molecular complexity index is 734. The zero-order valence-corrected chi connectivity index (χ0v) is 14.4. The number of nitrogens with zero attached hydrogens (tertiary/aromatic N) is 4. The number of halogens is 1. The van der Waals surface area contributed by atoms with E-state index in [0.29, 0.717) is 34.7 Å². The molecule has 1 aromatic carbocycles. The molecule has 0 saturated carbocycles. The van der Waals surface area contributed by atoms with Crippen LogP contribution in [0.1, 0.15) is 10.4 Å². The van der Waals surface area contributed by atoms with Crippen LogP contribution in [0, 0.1) is 0 Å². The molecule has 1 aliphatic rings. The molecular weight excluding hydrogens is 346 g/mol. The van der Waals surface area contributed by atoms with E-state index >= 15 is 0 Å². The van der Waals surface area contributed by atoms with Gasteiger partial charge >= 0.3 is 0 Å². The number of carbonyl (C=O) groups excluding carboxylic acids is 1. The van der Waals surface area contributed by atoms with Crippen LogP contribution in [0.15, 0.2) is 42.7 Å². The second kappa shape index (κ2) is 7.55. The summed E-state index contributed by atoms with van der Waals surface area (Å²) in [7, 11) is 0. The van der Waals surface area contributed by atoms with E-state index in [1.54, 1.807) is 42.7 Å². The monoisotopic (exact) mass is 361 g/mol. The summed E-state index contributed by atoms with van der Waals surface area (Å²) in [5, 5.41) is 3.56. The minimum Gasteiger partial charge on any atom is -0.345 e. The zero-order valence-electron chi connectivity index (χ0n) is 12.9. The molecule has 8 heteroatoms. The number of carbonyl (C=O) groups is 1. The Morgan fingerprint density at radius 1 is 1.08 bits per heavy atom. The van der Waals surface area contributed by atoms with Crippen LogP contribution in [-0.4, -0.2) is 52.1 Å². The largest absolute Gasteiger partial charge is 0.345 e. The molecule has 2 aromatic rings. The molecule has 1 amide bonds. The number of hydrogen-bond donors (Lipinski definition) is 1. The van der Waals surface area contributed by atoms with Crippen LogP contribution in [-0.2, 0) is 0 Å². The Labute approximate surface area is 150 Å². The van der Waals surface area contributed by atoms with Crippen LogP contribution < -0.4 is 10.2 Å². The molecule has 1 fully saturated rings. The van der Waals surface area contributed by atoms with Gasteiger partial charge in [0.15, 0.2) is 5.11 Å². The molecule has 2 heterocycles. The number of benzene rings is 1. The van der Waals surface area contributed by atoms with Gasteiger partial charge in [-0.1, -0.05) is 23.7 Å². The molecule has 1 aromatic heterocycles. The quantitative estimate of drug-likeness (QED) is 0.825. The molecule has 0 radical (unpaired) electrons. The molecule has 0 atom stereocenters. The van der Waals surface area contributed by atoms with Gasteiger partial charge in [0, 0.05) is 38.6 Å². The van der Waals surface area contributed by atoms with Crippen LogP contribution in [0.2, 0.25) is 5.02 Å². The maximum atomic E-state index is 12.3. The third kappa shape index (κ3) is 3.80. The van der Waals surface area contributed by atoms with Crippen LogP contribution in [0.4, 0.5) is 5.95 Å². The van der Waals surface area contributed by atoms with Crippen molar-refractivity contribution in [3.8, 4) is 0 Å². The molecule has 0 aliphatic carbocycles. The van der Waals surface area contributed by atoms with Crippen molar-refractivity contribution in [3.63, 3.8) is 0 Å². The fourth-order valence-electron chi connectivity index (χ4n) is 2.45. The first-order valence-electron chi connectivity index (χ1n) is 7.52. The predicted octanol–water partition coefficient (Wildman–Crippen LogP) is 1.97. The molecular formula is C16H16ClN5OS. The van der Waals surface area contributed by atoms with Crippen molar-refractivity contribution in [2.45, 2.75) is 0 Å². The summed E-state index contributed by atoms with van der Waals surface area (Å²) in [6.07, 6.45) is 3.45. The van der Waals surface area contributed by atoms with Gasteiger partial charge in [-0.25, -0.2) is 9.97 Å². The number of rotatable bonds is 2. The highest BCUT2D eigenvalue weighted by atomic mass is 35.5. The first-order valence-corrected chi connectivity index (χ1v) is 8.30. The number of thiocarbonyl (C=S) groups is 1. The molecule has 0 spiro atoms. The lowest BCUT2D eigenvalue weighted by atomic mass is 10.2. The van der Waals surface area contributed by atoms with Gasteiger partial charge in [0.1, 0.15) is 0 Å². The maximum absolute atomic E-state index is 12.3. The molecule has 1 N–H and O–H groups in total. The lowest BCUT2D eigenvalue weighted by Gasteiger charge is -2.35. The summed E-state index contributed by atoms with van der Waals surface area (Å²) < 4.78 is 0. The van der Waals surface area contributed by atoms with E-state index in [4.69, 9.17) is 23.8 Å². The average Bonchev–Trinajstić information content (AvgIpc) is 2.63. The van der Waals surface area contributed by atoms with Crippen molar-refractivity contribution in [2.75, 3.05) is 31.1 Å². The summed E-state index contributed by atoms with van der Waals surface area (Å²) >= 11 is 11.4. The highest BCUT2D eigenvalue weighted by Crippen LogP contribution is 2.15. The van der Waals surface area contributed by atoms with E-state index in [1.165, 1.54) is 0 Å². The van der Waals surface area contributed by atoms with E-state index in [1.807, 2.05) is 4.90 Å². The van der Waals surface area contributed by atoms with E-state index in [2.05, 4.69) is 20.2 Å². The van der Waals surface area contributed by atoms with Crippen LogP contribution in [0.25, 0.3) is 0 Å². The highest BCUT2D eigenvalue weighted by Gasteiger charge is 2.22.